The second kappa shape index (κ2) is 6.12. The van der Waals surface area contributed by atoms with Crippen molar-refractivity contribution < 1.29 is 4.74 Å². The Labute approximate surface area is 103 Å². The van der Waals surface area contributed by atoms with E-state index in [1.807, 2.05) is 12.3 Å². The molecule has 17 heavy (non-hydrogen) atoms. The van der Waals surface area contributed by atoms with E-state index in [0.717, 1.165) is 12.0 Å². The molecule has 3 nitrogen and oxygen atoms in total. The molecule has 1 aliphatic rings. The van der Waals surface area contributed by atoms with Gasteiger partial charge in [0.15, 0.2) is 0 Å². The van der Waals surface area contributed by atoms with E-state index < -0.39 is 0 Å². The Kier molecular flexibility index (Phi) is 4.51. The number of ether oxygens (including phenoxy) is 1. The van der Waals surface area contributed by atoms with Gasteiger partial charge in [0.2, 0.25) is 0 Å². The fourth-order valence-electron chi connectivity index (χ4n) is 2.42. The van der Waals surface area contributed by atoms with Crippen molar-refractivity contribution >= 4 is 0 Å². The summed E-state index contributed by atoms with van der Waals surface area (Å²) in [6.45, 7) is 2.10. The highest BCUT2D eigenvalue weighted by Crippen LogP contribution is 2.29. The smallest absolute Gasteiger partial charge is 0.0994 e. The molecule has 1 heterocycles. The number of rotatable bonds is 5. The van der Waals surface area contributed by atoms with E-state index in [1.165, 1.54) is 25.7 Å². The first-order valence-corrected chi connectivity index (χ1v) is 6.62. The van der Waals surface area contributed by atoms with E-state index in [4.69, 9.17) is 10.5 Å². The lowest BCUT2D eigenvalue weighted by molar-refractivity contribution is -0.0238. The Morgan fingerprint density at radius 2 is 2.24 bits per heavy atom. The molecule has 0 saturated heterocycles. The summed E-state index contributed by atoms with van der Waals surface area (Å²) >= 11 is 0. The van der Waals surface area contributed by atoms with Crippen LogP contribution in [-0.2, 0) is 4.74 Å². The van der Waals surface area contributed by atoms with E-state index in [0.29, 0.717) is 6.10 Å². The minimum atomic E-state index is -0.00296. The number of aromatic nitrogens is 1. The maximum atomic E-state index is 6.19. The number of pyridine rings is 1. The van der Waals surface area contributed by atoms with Gasteiger partial charge < -0.3 is 10.5 Å². The van der Waals surface area contributed by atoms with Crippen LogP contribution in [0, 0.1) is 0 Å². The molecule has 94 valence electrons. The third kappa shape index (κ3) is 3.27. The van der Waals surface area contributed by atoms with Crippen LogP contribution in [0.3, 0.4) is 0 Å². The summed E-state index contributed by atoms with van der Waals surface area (Å²) in [6, 6.07) is 4.06. The molecule has 2 N–H and O–H groups in total. The first-order chi connectivity index (χ1) is 8.31. The highest BCUT2D eigenvalue weighted by Gasteiger charge is 2.25. The van der Waals surface area contributed by atoms with Crippen LogP contribution in [-0.4, -0.2) is 17.1 Å². The Bertz CT molecular complexity index is 322. The second-order valence-corrected chi connectivity index (χ2v) is 4.82. The third-order valence-electron chi connectivity index (χ3n) is 3.51. The second-order valence-electron chi connectivity index (χ2n) is 4.82. The lowest BCUT2D eigenvalue weighted by Crippen LogP contribution is -2.31. The predicted molar refractivity (Wildman–Crippen MR) is 68.6 cm³/mol. The lowest BCUT2D eigenvalue weighted by atomic mass is 10.0. The van der Waals surface area contributed by atoms with Crippen LogP contribution in [0.5, 0.6) is 0 Å². The topological polar surface area (TPSA) is 48.1 Å². The molecule has 1 aromatic rings. The molecule has 0 aromatic carbocycles. The zero-order valence-electron chi connectivity index (χ0n) is 10.5. The maximum absolute atomic E-state index is 6.19. The molecule has 0 aliphatic heterocycles. The molecule has 0 amide bonds. The first-order valence-electron chi connectivity index (χ1n) is 6.62. The van der Waals surface area contributed by atoms with Gasteiger partial charge in [-0.25, -0.2) is 0 Å². The molecule has 2 atom stereocenters. The van der Waals surface area contributed by atoms with E-state index in [9.17, 15) is 0 Å². The summed E-state index contributed by atoms with van der Waals surface area (Å²) in [5.41, 5.74) is 7.28. The van der Waals surface area contributed by atoms with Gasteiger partial charge in [0.1, 0.15) is 0 Å². The summed E-state index contributed by atoms with van der Waals surface area (Å²) in [5, 5.41) is 0. The summed E-state index contributed by atoms with van der Waals surface area (Å²) < 4.78 is 6.19. The molecule has 0 bridgehead atoms. The lowest BCUT2D eigenvalue weighted by Gasteiger charge is -2.26. The van der Waals surface area contributed by atoms with E-state index in [2.05, 4.69) is 18.0 Å². The SMILES string of the molecule is CCC(N)C(OC1CCCC1)c1cccnc1. The minimum absolute atomic E-state index is 0.00296. The molecule has 1 fully saturated rings. The van der Waals surface area contributed by atoms with E-state index in [1.54, 1.807) is 6.20 Å². The van der Waals surface area contributed by atoms with Gasteiger partial charge in [-0.3, -0.25) is 4.98 Å². The quantitative estimate of drug-likeness (QED) is 0.852. The summed E-state index contributed by atoms with van der Waals surface area (Å²) in [6.07, 6.45) is 9.88. The molecular weight excluding hydrogens is 212 g/mol. The summed E-state index contributed by atoms with van der Waals surface area (Å²) in [7, 11) is 0. The van der Waals surface area contributed by atoms with Gasteiger partial charge in [0.25, 0.3) is 0 Å². The van der Waals surface area contributed by atoms with Gasteiger partial charge in [-0.1, -0.05) is 25.8 Å². The van der Waals surface area contributed by atoms with Crippen LogP contribution in [0.15, 0.2) is 24.5 Å². The third-order valence-corrected chi connectivity index (χ3v) is 3.51. The van der Waals surface area contributed by atoms with Crippen molar-refractivity contribution in [3.8, 4) is 0 Å². The van der Waals surface area contributed by atoms with Gasteiger partial charge in [-0.2, -0.15) is 0 Å². The average Bonchev–Trinajstić information content (AvgIpc) is 2.89. The van der Waals surface area contributed by atoms with E-state index in [-0.39, 0.29) is 12.1 Å². The molecule has 2 rings (SSSR count). The van der Waals surface area contributed by atoms with Crippen LogP contribution >= 0.6 is 0 Å². The highest BCUT2D eigenvalue weighted by atomic mass is 16.5. The molecule has 2 unspecified atom stereocenters. The van der Waals surface area contributed by atoms with Crippen molar-refractivity contribution in [2.24, 2.45) is 5.73 Å². The first kappa shape index (κ1) is 12.5. The molecule has 3 heteroatoms. The number of hydrogen-bond acceptors (Lipinski definition) is 3. The normalized spacial score (nSPS) is 20.4. The fourth-order valence-corrected chi connectivity index (χ4v) is 2.42. The highest BCUT2D eigenvalue weighted by molar-refractivity contribution is 5.14. The molecule has 1 aromatic heterocycles. The zero-order chi connectivity index (χ0) is 12.1. The van der Waals surface area contributed by atoms with Gasteiger partial charge in [0.05, 0.1) is 12.2 Å². The average molecular weight is 234 g/mol. The standard InChI is InChI=1S/C14H22N2O/c1-2-13(15)14(11-6-5-9-16-10-11)17-12-7-3-4-8-12/h5-6,9-10,12-14H,2-4,7-8,15H2,1H3. The molecule has 1 saturated carbocycles. The fraction of sp³-hybridized carbons (Fsp3) is 0.643. The van der Waals surface area contributed by atoms with Crippen LogP contribution < -0.4 is 5.73 Å². The Morgan fingerprint density at radius 3 is 2.82 bits per heavy atom. The Hall–Kier alpha value is -0.930. The Morgan fingerprint density at radius 1 is 1.47 bits per heavy atom. The van der Waals surface area contributed by atoms with Crippen molar-refractivity contribution in [2.45, 2.75) is 57.3 Å². The van der Waals surface area contributed by atoms with Crippen molar-refractivity contribution in [2.75, 3.05) is 0 Å². The zero-order valence-corrected chi connectivity index (χ0v) is 10.5. The Balaban J connectivity index is 2.07. The molecular formula is C14H22N2O. The predicted octanol–water partition coefficient (Wildman–Crippen LogP) is 2.82. The van der Waals surface area contributed by atoms with Crippen molar-refractivity contribution in [3.05, 3.63) is 30.1 Å². The van der Waals surface area contributed by atoms with Crippen molar-refractivity contribution in [3.63, 3.8) is 0 Å². The van der Waals surface area contributed by atoms with Crippen LogP contribution in [0.2, 0.25) is 0 Å². The van der Waals surface area contributed by atoms with Crippen molar-refractivity contribution in [1.29, 1.82) is 0 Å². The number of nitrogens with two attached hydrogens (primary N) is 1. The van der Waals surface area contributed by atoms with Crippen LogP contribution in [0.4, 0.5) is 0 Å². The summed E-state index contributed by atoms with van der Waals surface area (Å²) in [4.78, 5) is 4.16. The molecule has 0 radical (unpaired) electrons. The molecule has 1 aliphatic carbocycles. The van der Waals surface area contributed by atoms with Gasteiger partial charge in [-0.05, 0) is 25.3 Å². The number of nitrogens with zero attached hydrogens (tertiary/aromatic N) is 1. The monoisotopic (exact) mass is 234 g/mol. The maximum Gasteiger partial charge on any atom is 0.0994 e. The van der Waals surface area contributed by atoms with Gasteiger partial charge in [0, 0.05) is 24.0 Å². The van der Waals surface area contributed by atoms with E-state index >= 15 is 0 Å². The van der Waals surface area contributed by atoms with Gasteiger partial charge in [-0.15, -0.1) is 0 Å². The van der Waals surface area contributed by atoms with Gasteiger partial charge >= 0.3 is 0 Å². The van der Waals surface area contributed by atoms with Crippen LogP contribution in [0.1, 0.15) is 50.7 Å². The largest absolute Gasteiger partial charge is 0.369 e. The molecule has 0 spiro atoms. The number of hydrogen-bond donors (Lipinski definition) is 1. The minimum Gasteiger partial charge on any atom is -0.369 e. The summed E-state index contributed by atoms with van der Waals surface area (Å²) in [5.74, 6) is 0. The van der Waals surface area contributed by atoms with Crippen molar-refractivity contribution in [1.82, 2.24) is 4.98 Å². The van der Waals surface area contributed by atoms with Crippen LogP contribution in [0.25, 0.3) is 0 Å².